The molecule has 2 aromatic rings. The fraction of sp³-hybridized carbons (Fsp3) is 0.312. The highest BCUT2D eigenvalue weighted by Crippen LogP contribution is 2.27. The van der Waals surface area contributed by atoms with Gasteiger partial charge in [0.1, 0.15) is 5.03 Å². The topological polar surface area (TPSA) is 24.9 Å². The summed E-state index contributed by atoms with van der Waals surface area (Å²) in [6.45, 7) is 6.34. The summed E-state index contributed by atoms with van der Waals surface area (Å²) in [6, 6.07) is 12.5. The van der Waals surface area contributed by atoms with Crippen LogP contribution in [0.3, 0.4) is 0 Å². The summed E-state index contributed by atoms with van der Waals surface area (Å²) in [4.78, 5) is 5.71. The Morgan fingerprint density at radius 2 is 1.90 bits per heavy atom. The van der Waals surface area contributed by atoms with Crippen LogP contribution < -0.4 is 5.32 Å². The quantitative estimate of drug-likeness (QED) is 0.814. The second kappa shape index (κ2) is 7.81. The van der Waals surface area contributed by atoms with E-state index in [9.17, 15) is 0 Å². The first-order valence-electron chi connectivity index (χ1n) is 6.72. The van der Waals surface area contributed by atoms with Crippen molar-refractivity contribution < 1.29 is 0 Å². The summed E-state index contributed by atoms with van der Waals surface area (Å²) in [6.07, 6.45) is 1.95. The molecule has 0 aliphatic heterocycles. The summed E-state index contributed by atoms with van der Waals surface area (Å²) < 4.78 is 1.10. The van der Waals surface area contributed by atoms with E-state index in [2.05, 4.69) is 64.3 Å². The number of nitrogens with one attached hydrogen (secondary N) is 1. The van der Waals surface area contributed by atoms with E-state index in [0.717, 1.165) is 22.6 Å². The number of pyridine rings is 1. The Morgan fingerprint density at radius 1 is 1.15 bits per heavy atom. The maximum Gasteiger partial charge on any atom is 0.101 e. The number of hydrogen-bond acceptors (Lipinski definition) is 3. The summed E-state index contributed by atoms with van der Waals surface area (Å²) in [7, 11) is 0. The Kier molecular flexibility index (Phi) is 6.07. The van der Waals surface area contributed by atoms with Gasteiger partial charge in [-0.2, -0.15) is 0 Å². The zero-order chi connectivity index (χ0) is 14.4. The van der Waals surface area contributed by atoms with Gasteiger partial charge < -0.3 is 5.32 Å². The van der Waals surface area contributed by atoms with Crippen LogP contribution >= 0.6 is 27.7 Å². The summed E-state index contributed by atoms with van der Waals surface area (Å²) in [5.74, 6) is 0.676. The van der Waals surface area contributed by atoms with Crippen molar-refractivity contribution in [2.45, 2.75) is 30.3 Å². The molecule has 0 spiro atoms. The van der Waals surface area contributed by atoms with E-state index in [-0.39, 0.29) is 0 Å². The molecule has 0 aliphatic carbocycles. The fourth-order valence-electron chi connectivity index (χ4n) is 1.70. The Labute approximate surface area is 133 Å². The SMILES string of the molecule is CC(C)CNCc1ccc(Sc2ccc(Br)cc2)nc1. The third-order valence-corrected chi connectivity index (χ3v) is 4.20. The van der Waals surface area contributed by atoms with Gasteiger partial charge in [0.05, 0.1) is 0 Å². The molecule has 0 atom stereocenters. The van der Waals surface area contributed by atoms with Gasteiger partial charge in [-0.05, 0) is 48.4 Å². The second-order valence-corrected chi connectivity index (χ2v) is 7.09. The average molecular weight is 351 g/mol. The summed E-state index contributed by atoms with van der Waals surface area (Å²) in [5.41, 5.74) is 1.23. The maximum absolute atomic E-state index is 4.51. The third kappa shape index (κ3) is 5.27. The lowest BCUT2D eigenvalue weighted by Gasteiger charge is -2.07. The van der Waals surface area contributed by atoms with Crippen molar-refractivity contribution in [3.8, 4) is 0 Å². The zero-order valence-corrected chi connectivity index (χ0v) is 14.2. The van der Waals surface area contributed by atoms with Crippen molar-refractivity contribution in [2.24, 2.45) is 5.92 Å². The van der Waals surface area contributed by atoms with Gasteiger partial charge in [-0.15, -0.1) is 0 Å². The number of halogens is 1. The molecular formula is C16H19BrN2S. The fourth-order valence-corrected chi connectivity index (χ4v) is 2.72. The Bertz CT molecular complexity index is 523. The highest BCUT2D eigenvalue weighted by molar-refractivity contribution is 9.10. The number of aromatic nitrogens is 1. The maximum atomic E-state index is 4.51. The molecule has 1 N–H and O–H groups in total. The predicted molar refractivity (Wildman–Crippen MR) is 89.0 cm³/mol. The van der Waals surface area contributed by atoms with Crippen LogP contribution in [-0.4, -0.2) is 11.5 Å². The van der Waals surface area contributed by atoms with Gasteiger partial charge in [-0.1, -0.05) is 47.6 Å². The van der Waals surface area contributed by atoms with Gasteiger partial charge in [-0.3, -0.25) is 0 Å². The minimum absolute atomic E-state index is 0.676. The molecule has 0 unspecified atom stereocenters. The van der Waals surface area contributed by atoms with Gasteiger partial charge >= 0.3 is 0 Å². The molecule has 0 aliphatic rings. The van der Waals surface area contributed by atoms with Crippen molar-refractivity contribution >= 4 is 27.7 Å². The first-order valence-corrected chi connectivity index (χ1v) is 8.33. The molecule has 20 heavy (non-hydrogen) atoms. The van der Waals surface area contributed by atoms with E-state index < -0.39 is 0 Å². The smallest absolute Gasteiger partial charge is 0.101 e. The van der Waals surface area contributed by atoms with Gasteiger partial charge in [0.15, 0.2) is 0 Å². The van der Waals surface area contributed by atoms with Crippen LogP contribution in [0, 0.1) is 5.92 Å². The van der Waals surface area contributed by atoms with Crippen LogP contribution in [0.15, 0.2) is 57.0 Å². The lowest BCUT2D eigenvalue weighted by Crippen LogP contribution is -2.18. The minimum atomic E-state index is 0.676. The van der Waals surface area contributed by atoms with Crippen molar-refractivity contribution in [3.05, 3.63) is 52.6 Å². The van der Waals surface area contributed by atoms with Crippen molar-refractivity contribution in [3.63, 3.8) is 0 Å². The molecule has 1 heterocycles. The highest BCUT2D eigenvalue weighted by atomic mass is 79.9. The van der Waals surface area contributed by atoms with Crippen LogP contribution in [-0.2, 0) is 6.54 Å². The summed E-state index contributed by atoms with van der Waals surface area (Å²) in [5, 5.41) is 4.45. The number of benzene rings is 1. The number of rotatable bonds is 6. The van der Waals surface area contributed by atoms with Gasteiger partial charge in [0.2, 0.25) is 0 Å². The molecule has 0 amide bonds. The molecule has 2 nitrogen and oxygen atoms in total. The molecule has 1 aromatic carbocycles. The zero-order valence-electron chi connectivity index (χ0n) is 11.8. The van der Waals surface area contributed by atoms with E-state index in [4.69, 9.17) is 0 Å². The molecule has 2 rings (SSSR count). The standard InChI is InChI=1S/C16H19BrN2S/c1-12(2)9-18-10-13-3-8-16(19-11-13)20-15-6-4-14(17)5-7-15/h3-8,11-12,18H,9-10H2,1-2H3. The number of nitrogens with zero attached hydrogens (tertiary/aromatic N) is 1. The van der Waals surface area contributed by atoms with E-state index in [1.807, 2.05) is 18.3 Å². The van der Waals surface area contributed by atoms with E-state index in [0.29, 0.717) is 5.92 Å². The first-order chi connectivity index (χ1) is 9.63. The second-order valence-electron chi connectivity index (χ2n) is 5.09. The molecule has 0 fully saturated rings. The summed E-state index contributed by atoms with van der Waals surface area (Å²) >= 11 is 5.12. The van der Waals surface area contributed by atoms with Gasteiger partial charge in [0.25, 0.3) is 0 Å². The third-order valence-electron chi connectivity index (χ3n) is 2.72. The molecule has 4 heteroatoms. The van der Waals surface area contributed by atoms with E-state index in [1.165, 1.54) is 10.5 Å². The number of hydrogen-bond donors (Lipinski definition) is 1. The Hall–Kier alpha value is -0.840. The molecular weight excluding hydrogens is 332 g/mol. The Morgan fingerprint density at radius 3 is 2.50 bits per heavy atom. The van der Waals surface area contributed by atoms with Crippen LogP contribution in [0.5, 0.6) is 0 Å². The van der Waals surface area contributed by atoms with Crippen molar-refractivity contribution in [2.75, 3.05) is 6.54 Å². The predicted octanol–water partition coefficient (Wildman–Crippen LogP) is 4.74. The monoisotopic (exact) mass is 350 g/mol. The molecule has 1 aromatic heterocycles. The molecule has 0 radical (unpaired) electrons. The lowest BCUT2D eigenvalue weighted by molar-refractivity contribution is 0.551. The van der Waals surface area contributed by atoms with Crippen LogP contribution in [0.25, 0.3) is 0 Å². The lowest BCUT2D eigenvalue weighted by atomic mass is 10.2. The normalized spacial score (nSPS) is 11.0. The van der Waals surface area contributed by atoms with Crippen molar-refractivity contribution in [1.29, 1.82) is 0 Å². The van der Waals surface area contributed by atoms with Crippen LogP contribution in [0.4, 0.5) is 0 Å². The first kappa shape index (κ1) is 15.5. The largest absolute Gasteiger partial charge is 0.312 e. The van der Waals surface area contributed by atoms with Gasteiger partial charge in [0, 0.05) is 22.1 Å². The molecule has 0 saturated carbocycles. The molecule has 0 saturated heterocycles. The van der Waals surface area contributed by atoms with E-state index >= 15 is 0 Å². The van der Waals surface area contributed by atoms with Crippen LogP contribution in [0.2, 0.25) is 0 Å². The van der Waals surface area contributed by atoms with Gasteiger partial charge in [-0.25, -0.2) is 4.98 Å². The van der Waals surface area contributed by atoms with Crippen LogP contribution in [0.1, 0.15) is 19.4 Å². The minimum Gasteiger partial charge on any atom is -0.312 e. The Balaban J connectivity index is 1.89. The average Bonchev–Trinajstić information content (AvgIpc) is 2.43. The van der Waals surface area contributed by atoms with Crippen molar-refractivity contribution in [1.82, 2.24) is 10.3 Å². The molecule has 0 bridgehead atoms. The van der Waals surface area contributed by atoms with E-state index in [1.54, 1.807) is 11.8 Å². The molecule has 106 valence electrons. The highest BCUT2D eigenvalue weighted by Gasteiger charge is 2.00.